The molecule has 0 spiro atoms. The molecule has 1 aromatic heterocycles. The fraction of sp³-hybridized carbons (Fsp3) is 0.308. The molecule has 1 aliphatic heterocycles. The number of rotatable bonds is 6. The Hall–Kier alpha value is -3.34. The number of anilines is 2. The van der Waals surface area contributed by atoms with Gasteiger partial charge in [0.05, 0.1) is 19.3 Å². The molecular weight excluding hydrogens is 388 g/mol. The summed E-state index contributed by atoms with van der Waals surface area (Å²) in [6.45, 7) is 2.79. The van der Waals surface area contributed by atoms with E-state index >= 15 is 0 Å². The fourth-order valence-electron chi connectivity index (χ4n) is 4.14. The van der Waals surface area contributed by atoms with Crippen molar-refractivity contribution in [3.63, 3.8) is 0 Å². The Kier molecular flexibility index (Phi) is 6.21. The minimum atomic E-state index is -0.312. The van der Waals surface area contributed by atoms with Crippen molar-refractivity contribution in [2.75, 3.05) is 25.7 Å². The van der Waals surface area contributed by atoms with Gasteiger partial charge in [-0.1, -0.05) is 23.8 Å². The number of esters is 1. The van der Waals surface area contributed by atoms with E-state index in [0.717, 1.165) is 42.0 Å². The lowest BCUT2D eigenvalue weighted by Gasteiger charge is -2.28. The third kappa shape index (κ3) is 4.55. The van der Waals surface area contributed by atoms with E-state index < -0.39 is 0 Å². The van der Waals surface area contributed by atoms with Gasteiger partial charge in [0.2, 0.25) is 0 Å². The van der Waals surface area contributed by atoms with Crippen molar-refractivity contribution in [3.05, 3.63) is 83.2 Å². The highest BCUT2D eigenvalue weighted by Gasteiger charge is 2.23. The summed E-state index contributed by atoms with van der Waals surface area (Å²) < 4.78 is 10.9. The zero-order valence-electron chi connectivity index (χ0n) is 18.3. The predicted molar refractivity (Wildman–Crippen MR) is 122 cm³/mol. The van der Waals surface area contributed by atoms with Crippen LogP contribution in [0.4, 0.5) is 11.4 Å². The van der Waals surface area contributed by atoms with E-state index in [1.54, 1.807) is 18.5 Å². The van der Waals surface area contributed by atoms with Crippen LogP contribution in [0, 0.1) is 6.92 Å². The van der Waals surface area contributed by atoms with Crippen LogP contribution in [0.2, 0.25) is 0 Å². The lowest BCUT2D eigenvalue weighted by Crippen LogP contribution is -2.17. The van der Waals surface area contributed by atoms with Gasteiger partial charge in [0.1, 0.15) is 5.75 Å². The maximum Gasteiger partial charge on any atom is 0.338 e. The molecule has 5 heteroatoms. The molecule has 0 saturated carbocycles. The molecular formula is C26H28N2O3. The van der Waals surface area contributed by atoms with Gasteiger partial charge in [-0.25, -0.2) is 4.79 Å². The van der Waals surface area contributed by atoms with Gasteiger partial charge in [-0.2, -0.15) is 0 Å². The average molecular weight is 417 g/mol. The van der Waals surface area contributed by atoms with Crippen LogP contribution in [0.3, 0.4) is 0 Å². The number of methoxy groups -OCH3 is 1. The Morgan fingerprint density at radius 1 is 1.16 bits per heavy atom. The number of nitrogens with zero attached hydrogens (tertiary/aromatic N) is 2. The Balaban J connectivity index is 1.51. The summed E-state index contributed by atoms with van der Waals surface area (Å²) in [7, 11) is 3.48. The number of ether oxygens (including phenoxy) is 2. The molecule has 3 aromatic rings. The molecule has 1 atom stereocenters. The van der Waals surface area contributed by atoms with Crippen LogP contribution in [-0.2, 0) is 11.2 Å². The highest BCUT2D eigenvalue weighted by atomic mass is 16.5. The summed E-state index contributed by atoms with van der Waals surface area (Å²) >= 11 is 0. The molecule has 31 heavy (non-hydrogen) atoms. The van der Waals surface area contributed by atoms with Crippen molar-refractivity contribution >= 4 is 17.3 Å². The van der Waals surface area contributed by atoms with Gasteiger partial charge in [-0.15, -0.1) is 0 Å². The highest BCUT2D eigenvalue weighted by molar-refractivity contribution is 5.90. The molecule has 4 rings (SSSR count). The van der Waals surface area contributed by atoms with E-state index in [2.05, 4.69) is 66.3 Å². The molecule has 0 aliphatic carbocycles. The normalized spacial score (nSPS) is 15.0. The molecule has 0 bridgehead atoms. The molecule has 160 valence electrons. The summed E-state index contributed by atoms with van der Waals surface area (Å²) in [5.74, 6) is 1.02. The smallest absolute Gasteiger partial charge is 0.338 e. The molecule has 2 aromatic carbocycles. The van der Waals surface area contributed by atoms with Crippen LogP contribution >= 0.6 is 0 Å². The monoisotopic (exact) mass is 416 g/mol. The van der Waals surface area contributed by atoms with Crippen molar-refractivity contribution in [3.8, 4) is 5.75 Å². The van der Waals surface area contributed by atoms with Crippen LogP contribution in [0.15, 0.2) is 60.9 Å². The first-order chi connectivity index (χ1) is 15.1. The second-order valence-electron chi connectivity index (χ2n) is 8.01. The fourth-order valence-corrected chi connectivity index (χ4v) is 4.14. The zero-order chi connectivity index (χ0) is 21.8. The zero-order valence-corrected chi connectivity index (χ0v) is 18.3. The van der Waals surface area contributed by atoms with E-state index in [0.29, 0.717) is 18.1 Å². The molecule has 1 aliphatic rings. The topological polar surface area (TPSA) is 51.7 Å². The van der Waals surface area contributed by atoms with Crippen molar-refractivity contribution < 1.29 is 14.3 Å². The highest BCUT2D eigenvalue weighted by Crippen LogP contribution is 2.39. The second kappa shape index (κ2) is 9.21. The molecule has 5 nitrogen and oxygen atoms in total. The van der Waals surface area contributed by atoms with E-state index in [9.17, 15) is 4.79 Å². The maximum atomic E-state index is 12.0. The lowest BCUT2D eigenvalue weighted by atomic mass is 9.87. The molecule has 0 fully saturated rings. The quantitative estimate of drug-likeness (QED) is 0.501. The Morgan fingerprint density at radius 2 is 1.94 bits per heavy atom. The van der Waals surface area contributed by atoms with Crippen molar-refractivity contribution in [1.29, 1.82) is 0 Å². The van der Waals surface area contributed by atoms with Gasteiger partial charge >= 0.3 is 5.97 Å². The van der Waals surface area contributed by atoms with E-state index in [-0.39, 0.29) is 5.97 Å². The van der Waals surface area contributed by atoms with Crippen molar-refractivity contribution in [2.45, 2.75) is 32.1 Å². The van der Waals surface area contributed by atoms with Crippen LogP contribution < -0.4 is 9.64 Å². The van der Waals surface area contributed by atoms with Gasteiger partial charge in [-0.05, 0) is 67.5 Å². The van der Waals surface area contributed by atoms with Crippen LogP contribution in [0.25, 0.3) is 0 Å². The van der Waals surface area contributed by atoms with Crippen LogP contribution in [-0.4, -0.2) is 31.7 Å². The first-order valence-electron chi connectivity index (χ1n) is 10.6. The van der Waals surface area contributed by atoms with E-state index in [4.69, 9.17) is 9.47 Å². The van der Waals surface area contributed by atoms with Crippen LogP contribution in [0.1, 0.15) is 45.8 Å². The Morgan fingerprint density at radius 3 is 2.71 bits per heavy atom. The maximum absolute atomic E-state index is 12.0. The number of benzene rings is 2. The van der Waals surface area contributed by atoms with Gasteiger partial charge < -0.3 is 14.4 Å². The standard InChI is InChI=1S/C26H28N2O3/c1-18-4-8-21(9-5-18)28(2)22-10-11-23-19(13-15-31-25(23)16-22)6-7-20-17-27-14-12-24(20)26(29)30-3/h4-5,8-12,14,16-17,19H,6-7,13,15H2,1-3H3/t19-/m1/s1. The number of aromatic nitrogens is 1. The molecule has 0 amide bonds. The summed E-state index contributed by atoms with van der Waals surface area (Å²) in [6.07, 6.45) is 6.07. The molecule has 0 unspecified atom stereocenters. The van der Waals surface area contributed by atoms with E-state index in [1.165, 1.54) is 18.2 Å². The third-order valence-electron chi connectivity index (χ3n) is 6.04. The first kappa shape index (κ1) is 20.9. The van der Waals surface area contributed by atoms with Gasteiger partial charge in [0.25, 0.3) is 0 Å². The minimum absolute atomic E-state index is 0.312. The first-order valence-corrected chi connectivity index (χ1v) is 10.6. The number of hydrogen-bond acceptors (Lipinski definition) is 5. The minimum Gasteiger partial charge on any atom is -0.493 e. The summed E-state index contributed by atoms with van der Waals surface area (Å²) in [5.41, 5.74) is 6.25. The molecule has 0 N–H and O–H groups in total. The molecule has 0 radical (unpaired) electrons. The second-order valence-corrected chi connectivity index (χ2v) is 8.01. The third-order valence-corrected chi connectivity index (χ3v) is 6.04. The number of carbonyl (C=O) groups excluding carboxylic acids is 1. The number of carbonyl (C=O) groups is 1. The largest absolute Gasteiger partial charge is 0.493 e. The number of pyridine rings is 1. The average Bonchev–Trinajstić information content (AvgIpc) is 2.82. The predicted octanol–water partition coefficient (Wildman–Crippen LogP) is 5.44. The molecule has 0 saturated heterocycles. The Labute approximate surface area is 183 Å². The van der Waals surface area contributed by atoms with Crippen molar-refractivity contribution in [2.24, 2.45) is 0 Å². The SMILES string of the molecule is COC(=O)c1ccncc1CC[C@@H]1CCOc2cc(N(C)c3ccc(C)cc3)ccc21. The summed E-state index contributed by atoms with van der Waals surface area (Å²) in [4.78, 5) is 18.4. The van der Waals surface area contributed by atoms with Gasteiger partial charge in [0.15, 0.2) is 0 Å². The Bertz CT molecular complexity index is 1060. The number of hydrogen-bond donors (Lipinski definition) is 0. The van der Waals surface area contributed by atoms with Gasteiger partial charge in [0, 0.05) is 36.9 Å². The molecule has 2 heterocycles. The lowest BCUT2D eigenvalue weighted by molar-refractivity contribution is 0.0599. The number of aryl methyl sites for hydroxylation is 2. The van der Waals surface area contributed by atoms with Crippen molar-refractivity contribution in [1.82, 2.24) is 4.98 Å². The summed E-state index contributed by atoms with van der Waals surface area (Å²) in [6, 6.07) is 16.7. The van der Waals surface area contributed by atoms with E-state index in [1.807, 2.05) is 0 Å². The number of fused-ring (bicyclic) bond motifs is 1. The summed E-state index contributed by atoms with van der Waals surface area (Å²) in [5, 5.41) is 0. The van der Waals surface area contributed by atoms with Crippen LogP contribution in [0.5, 0.6) is 5.75 Å². The van der Waals surface area contributed by atoms with Gasteiger partial charge in [-0.3, -0.25) is 4.98 Å².